The zero-order chi connectivity index (χ0) is 21.9. The van der Waals surface area contributed by atoms with Crippen molar-refractivity contribution >= 4 is 45.4 Å². The largest absolute Gasteiger partial charge is 0.457 e. The third-order valence-electron chi connectivity index (χ3n) is 5.14. The van der Waals surface area contributed by atoms with Crippen LogP contribution >= 0.6 is 11.8 Å². The van der Waals surface area contributed by atoms with E-state index in [1.807, 2.05) is 72.8 Å². The molecule has 0 bridgehead atoms. The summed E-state index contributed by atoms with van der Waals surface area (Å²) < 4.78 is 5.97. The minimum absolute atomic E-state index is 0.105. The molecule has 1 amide bonds. The Morgan fingerprint density at radius 3 is 2.56 bits per heavy atom. The van der Waals surface area contributed by atoms with E-state index in [1.54, 1.807) is 17.1 Å². The minimum atomic E-state index is -0.105. The maximum Gasteiger partial charge on any atom is 0.267 e. The van der Waals surface area contributed by atoms with Crippen LogP contribution in [0.4, 0.5) is 5.69 Å². The van der Waals surface area contributed by atoms with E-state index < -0.39 is 0 Å². The van der Waals surface area contributed by atoms with Crippen LogP contribution in [0.5, 0.6) is 0 Å². The summed E-state index contributed by atoms with van der Waals surface area (Å²) in [5.74, 6) is 1.29. The van der Waals surface area contributed by atoms with Crippen LogP contribution in [0, 0.1) is 0 Å². The van der Waals surface area contributed by atoms with E-state index >= 15 is 0 Å². The van der Waals surface area contributed by atoms with E-state index in [-0.39, 0.29) is 5.91 Å². The molecule has 5 heteroatoms. The third kappa shape index (κ3) is 3.90. The molecule has 3 aromatic carbocycles. The Morgan fingerprint density at radius 1 is 0.938 bits per heavy atom. The maximum atomic E-state index is 13.1. The lowest BCUT2D eigenvalue weighted by Crippen LogP contribution is -2.29. The number of carbonyl (C=O) groups excluding carboxylic acids is 1. The topological polar surface area (TPSA) is 45.8 Å². The van der Waals surface area contributed by atoms with Gasteiger partial charge in [0.05, 0.1) is 10.6 Å². The van der Waals surface area contributed by atoms with Crippen LogP contribution < -0.4 is 0 Å². The van der Waals surface area contributed by atoms with E-state index in [0.29, 0.717) is 22.4 Å². The second kappa shape index (κ2) is 8.73. The normalized spacial score (nSPS) is 16.4. The van der Waals surface area contributed by atoms with Crippen LogP contribution in [0.1, 0.15) is 5.76 Å². The van der Waals surface area contributed by atoms with Crippen molar-refractivity contribution in [3.63, 3.8) is 0 Å². The summed E-state index contributed by atoms with van der Waals surface area (Å²) in [6.45, 7) is 4.19. The van der Waals surface area contributed by atoms with Gasteiger partial charge in [0.1, 0.15) is 11.5 Å². The van der Waals surface area contributed by atoms with Gasteiger partial charge in [-0.1, -0.05) is 72.8 Å². The van der Waals surface area contributed by atoms with Crippen LogP contribution in [-0.4, -0.2) is 22.5 Å². The first-order chi connectivity index (χ1) is 15.7. The van der Waals surface area contributed by atoms with Gasteiger partial charge in [0, 0.05) is 23.6 Å². The molecule has 0 radical (unpaired) electrons. The molecular formula is C27H20N2O2S. The molecule has 2 heterocycles. The molecule has 0 spiro atoms. The second-order valence-electron chi connectivity index (χ2n) is 7.28. The van der Waals surface area contributed by atoms with Gasteiger partial charge in [0.2, 0.25) is 0 Å². The van der Waals surface area contributed by atoms with Crippen molar-refractivity contribution in [1.29, 1.82) is 0 Å². The number of amides is 1. The number of nitrogens with zero attached hydrogens (tertiary/aromatic N) is 2. The molecule has 0 N–H and O–H groups in total. The fourth-order valence-corrected chi connectivity index (χ4v) is 4.59. The Morgan fingerprint density at radius 2 is 1.72 bits per heavy atom. The van der Waals surface area contributed by atoms with Crippen molar-refractivity contribution in [2.24, 2.45) is 4.99 Å². The van der Waals surface area contributed by atoms with Gasteiger partial charge < -0.3 is 4.42 Å². The Balaban J connectivity index is 1.49. The molecule has 0 unspecified atom stereocenters. The smallest absolute Gasteiger partial charge is 0.267 e. The second-order valence-corrected chi connectivity index (χ2v) is 8.28. The van der Waals surface area contributed by atoms with E-state index in [2.05, 4.69) is 18.7 Å². The summed E-state index contributed by atoms with van der Waals surface area (Å²) in [5.41, 5.74) is 1.83. The Hall–Kier alpha value is -3.83. The van der Waals surface area contributed by atoms with Crippen molar-refractivity contribution in [2.75, 3.05) is 6.54 Å². The van der Waals surface area contributed by atoms with Crippen LogP contribution in [0.3, 0.4) is 0 Å². The quantitative estimate of drug-likeness (QED) is 0.253. The molecule has 1 aliphatic rings. The van der Waals surface area contributed by atoms with Gasteiger partial charge in [0.25, 0.3) is 5.91 Å². The molecule has 5 rings (SSSR count). The molecule has 4 aromatic rings. The number of furan rings is 1. The lowest BCUT2D eigenvalue weighted by atomic mass is 10.1. The highest BCUT2D eigenvalue weighted by atomic mass is 32.2. The Bertz CT molecular complexity index is 1360. The zero-order valence-electron chi connectivity index (χ0n) is 17.3. The van der Waals surface area contributed by atoms with E-state index in [1.165, 1.54) is 11.8 Å². The standard InChI is InChI=1S/C27H20N2O2S/c1-2-17-29-26(30)25(18-21-15-16-24(31-21)20-10-4-3-5-11-20)32-27(29)28-23-14-8-12-19-9-6-7-13-22(19)23/h2-16,18H,1,17H2. The van der Waals surface area contributed by atoms with Crippen molar-refractivity contribution in [2.45, 2.75) is 0 Å². The molecule has 1 fully saturated rings. The summed E-state index contributed by atoms with van der Waals surface area (Å²) in [5, 5.41) is 2.79. The van der Waals surface area contributed by atoms with Crippen LogP contribution in [-0.2, 0) is 4.79 Å². The first kappa shape index (κ1) is 20.1. The molecule has 156 valence electrons. The average Bonchev–Trinajstić information content (AvgIpc) is 3.41. The number of hydrogen-bond donors (Lipinski definition) is 0. The van der Waals surface area contributed by atoms with E-state index in [9.17, 15) is 4.79 Å². The van der Waals surface area contributed by atoms with Crippen molar-refractivity contribution in [3.8, 4) is 11.3 Å². The fraction of sp³-hybridized carbons (Fsp3) is 0.0370. The average molecular weight is 437 g/mol. The number of rotatable bonds is 5. The lowest BCUT2D eigenvalue weighted by molar-refractivity contribution is -0.121. The number of carbonyl (C=O) groups is 1. The molecule has 1 saturated heterocycles. The molecule has 1 aliphatic heterocycles. The minimum Gasteiger partial charge on any atom is -0.457 e. The molecular weight excluding hydrogens is 416 g/mol. The van der Waals surface area contributed by atoms with Crippen molar-refractivity contribution < 1.29 is 9.21 Å². The predicted octanol–water partition coefficient (Wildman–Crippen LogP) is 6.89. The van der Waals surface area contributed by atoms with Gasteiger partial charge in [-0.15, -0.1) is 6.58 Å². The van der Waals surface area contributed by atoms with Gasteiger partial charge in [-0.25, -0.2) is 4.99 Å². The number of hydrogen-bond acceptors (Lipinski definition) is 4. The summed E-state index contributed by atoms with van der Waals surface area (Å²) >= 11 is 1.35. The number of aliphatic imine (C=N–C) groups is 1. The molecule has 0 saturated carbocycles. The predicted molar refractivity (Wildman–Crippen MR) is 133 cm³/mol. The number of fused-ring (bicyclic) bond motifs is 1. The molecule has 32 heavy (non-hydrogen) atoms. The van der Waals surface area contributed by atoms with Gasteiger partial charge in [-0.2, -0.15) is 0 Å². The summed E-state index contributed by atoms with van der Waals surface area (Å²) in [6.07, 6.45) is 3.49. The maximum absolute atomic E-state index is 13.1. The Kier molecular flexibility index (Phi) is 5.48. The van der Waals surface area contributed by atoms with Gasteiger partial charge in [0.15, 0.2) is 5.17 Å². The van der Waals surface area contributed by atoms with Gasteiger partial charge in [-0.05, 0) is 35.3 Å². The SMILES string of the molecule is C=CCN1C(=O)C(=Cc2ccc(-c3ccccc3)o2)SC1=Nc1cccc2ccccc12. The summed E-state index contributed by atoms with van der Waals surface area (Å²) in [7, 11) is 0. The van der Waals surface area contributed by atoms with Crippen molar-refractivity contribution in [1.82, 2.24) is 4.90 Å². The fourth-order valence-electron chi connectivity index (χ4n) is 3.61. The van der Waals surface area contributed by atoms with Crippen LogP contribution in [0.2, 0.25) is 0 Å². The molecule has 0 aliphatic carbocycles. The first-order valence-corrected chi connectivity index (χ1v) is 11.1. The number of benzene rings is 3. The molecule has 0 atom stereocenters. The van der Waals surface area contributed by atoms with Crippen LogP contribution in [0.15, 0.2) is 112 Å². The molecule has 1 aromatic heterocycles. The third-order valence-corrected chi connectivity index (χ3v) is 6.15. The Labute approximate surface area is 190 Å². The monoisotopic (exact) mass is 436 g/mol. The highest BCUT2D eigenvalue weighted by Crippen LogP contribution is 2.36. The van der Waals surface area contributed by atoms with Gasteiger partial charge >= 0.3 is 0 Å². The zero-order valence-corrected chi connectivity index (χ0v) is 18.1. The number of amidine groups is 1. The first-order valence-electron chi connectivity index (χ1n) is 10.3. The van der Waals surface area contributed by atoms with Crippen LogP contribution in [0.25, 0.3) is 28.2 Å². The summed E-state index contributed by atoms with van der Waals surface area (Å²) in [6, 6.07) is 27.8. The lowest BCUT2D eigenvalue weighted by Gasteiger charge is -2.13. The number of thioether (sulfide) groups is 1. The molecule has 4 nitrogen and oxygen atoms in total. The highest BCUT2D eigenvalue weighted by molar-refractivity contribution is 8.18. The summed E-state index contributed by atoms with van der Waals surface area (Å²) in [4.78, 5) is 20.2. The van der Waals surface area contributed by atoms with Crippen molar-refractivity contribution in [3.05, 3.63) is 108 Å². The van der Waals surface area contributed by atoms with E-state index in [4.69, 9.17) is 9.41 Å². The highest BCUT2D eigenvalue weighted by Gasteiger charge is 2.33. The van der Waals surface area contributed by atoms with Gasteiger partial charge in [-0.3, -0.25) is 9.69 Å². The van der Waals surface area contributed by atoms with E-state index in [0.717, 1.165) is 27.8 Å².